The summed E-state index contributed by atoms with van der Waals surface area (Å²) in [6.45, 7) is 4.54. The van der Waals surface area contributed by atoms with Gasteiger partial charge in [-0.2, -0.15) is 0 Å². The number of hydrogen-bond donors (Lipinski definition) is 2. The van der Waals surface area contributed by atoms with Gasteiger partial charge >= 0.3 is 6.03 Å². The number of carbonyl (C=O) groups excluding carboxylic acids is 2. The SMILES string of the molecule is Cc1csc(NC(=O)Cc2csc(NC(=O)N3CCN(c4ccccn4)CC3)n2)n1. The lowest BCUT2D eigenvalue weighted by Crippen LogP contribution is -2.50. The number of hydrogen-bond acceptors (Lipinski definition) is 8. The highest BCUT2D eigenvalue weighted by Gasteiger charge is 2.22. The summed E-state index contributed by atoms with van der Waals surface area (Å²) in [5, 5.41) is 10.3. The van der Waals surface area contributed by atoms with Gasteiger partial charge in [-0.1, -0.05) is 6.07 Å². The molecule has 1 aliphatic heterocycles. The first kappa shape index (κ1) is 20.2. The Morgan fingerprint density at radius 1 is 1.03 bits per heavy atom. The number of nitrogens with zero attached hydrogens (tertiary/aromatic N) is 5. The Balaban J connectivity index is 1.25. The third-order valence-electron chi connectivity index (χ3n) is 4.51. The van der Waals surface area contributed by atoms with Gasteiger partial charge in [0.05, 0.1) is 17.8 Å². The number of anilines is 3. The van der Waals surface area contributed by atoms with Gasteiger partial charge in [0.2, 0.25) is 5.91 Å². The molecule has 4 rings (SSSR count). The maximum Gasteiger partial charge on any atom is 0.323 e. The lowest BCUT2D eigenvalue weighted by molar-refractivity contribution is -0.115. The largest absolute Gasteiger partial charge is 0.353 e. The average Bonchev–Trinajstić information content (AvgIpc) is 3.37. The van der Waals surface area contributed by atoms with E-state index >= 15 is 0 Å². The number of thiazole rings is 2. The molecule has 9 nitrogen and oxygen atoms in total. The first-order chi connectivity index (χ1) is 14.6. The third-order valence-corrected chi connectivity index (χ3v) is 6.19. The Labute approximate surface area is 181 Å². The molecular weight excluding hydrogens is 422 g/mol. The van der Waals surface area contributed by atoms with Crippen molar-refractivity contribution in [3.8, 4) is 0 Å². The van der Waals surface area contributed by atoms with Crippen molar-refractivity contribution in [3.05, 3.63) is 46.5 Å². The van der Waals surface area contributed by atoms with E-state index in [4.69, 9.17) is 0 Å². The Kier molecular flexibility index (Phi) is 6.19. The number of amides is 3. The molecule has 1 fully saturated rings. The molecule has 3 aromatic heterocycles. The maximum atomic E-state index is 12.5. The van der Waals surface area contributed by atoms with Crippen molar-refractivity contribution in [1.29, 1.82) is 0 Å². The molecule has 0 radical (unpaired) electrons. The summed E-state index contributed by atoms with van der Waals surface area (Å²) in [5.74, 6) is 0.742. The van der Waals surface area contributed by atoms with Crippen LogP contribution in [0.5, 0.6) is 0 Å². The van der Waals surface area contributed by atoms with Crippen molar-refractivity contribution in [2.24, 2.45) is 0 Å². The third kappa shape index (κ3) is 5.10. The fourth-order valence-electron chi connectivity index (χ4n) is 3.03. The van der Waals surface area contributed by atoms with Gasteiger partial charge in [0.15, 0.2) is 10.3 Å². The van der Waals surface area contributed by atoms with E-state index < -0.39 is 0 Å². The van der Waals surface area contributed by atoms with E-state index in [1.165, 1.54) is 22.7 Å². The van der Waals surface area contributed by atoms with Gasteiger partial charge in [0.25, 0.3) is 0 Å². The molecule has 0 unspecified atom stereocenters. The number of pyridine rings is 1. The van der Waals surface area contributed by atoms with E-state index in [2.05, 4.69) is 30.5 Å². The topological polar surface area (TPSA) is 103 Å². The van der Waals surface area contributed by atoms with Crippen molar-refractivity contribution in [1.82, 2.24) is 19.9 Å². The van der Waals surface area contributed by atoms with Crippen LogP contribution in [0.25, 0.3) is 0 Å². The summed E-state index contributed by atoms with van der Waals surface area (Å²) in [4.78, 5) is 41.5. The first-order valence-corrected chi connectivity index (χ1v) is 11.2. The number of aryl methyl sites for hydroxylation is 1. The van der Waals surface area contributed by atoms with Gasteiger partial charge in [-0.15, -0.1) is 22.7 Å². The van der Waals surface area contributed by atoms with Crippen molar-refractivity contribution in [3.63, 3.8) is 0 Å². The molecule has 11 heteroatoms. The summed E-state index contributed by atoms with van der Waals surface area (Å²) in [7, 11) is 0. The number of rotatable bonds is 5. The molecule has 0 aliphatic carbocycles. The fraction of sp³-hybridized carbons (Fsp3) is 0.316. The number of aromatic nitrogens is 3. The van der Waals surface area contributed by atoms with Crippen LogP contribution in [-0.4, -0.2) is 58.0 Å². The van der Waals surface area contributed by atoms with Crippen molar-refractivity contribution < 1.29 is 9.59 Å². The second-order valence-electron chi connectivity index (χ2n) is 6.76. The van der Waals surface area contributed by atoms with Gasteiger partial charge in [-0.3, -0.25) is 10.1 Å². The predicted octanol–water partition coefficient (Wildman–Crippen LogP) is 2.84. The Morgan fingerprint density at radius 3 is 2.50 bits per heavy atom. The Morgan fingerprint density at radius 2 is 1.80 bits per heavy atom. The molecule has 2 N–H and O–H groups in total. The molecule has 3 amide bonds. The van der Waals surface area contributed by atoms with E-state index in [1.807, 2.05) is 30.5 Å². The van der Waals surface area contributed by atoms with E-state index in [-0.39, 0.29) is 18.4 Å². The molecule has 0 saturated carbocycles. The summed E-state index contributed by atoms with van der Waals surface area (Å²) in [6, 6.07) is 5.64. The van der Waals surface area contributed by atoms with Crippen LogP contribution < -0.4 is 15.5 Å². The van der Waals surface area contributed by atoms with Gasteiger partial charge < -0.3 is 15.1 Å². The van der Waals surface area contributed by atoms with Crippen LogP contribution in [0.4, 0.5) is 20.9 Å². The molecule has 1 aliphatic rings. The Hall–Kier alpha value is -3.05. The molecule has 3 aromatic rings. The van der Waals surface area contributed by atoms with E-state index in [1.54, 1.807) is 16.5 Å². The first-order valence-electron chi connectivity index (χ1n) is 9.45. The monoisotopic (exact) mass is 443 g/mol. The molecule has 1 saturated heterocycles. The van der Waals surface area contributed by atoms with Crippen LogP contribution in [0.3, 0.4) is 0 Å². The molecule has 156 valence electrons. The standard InChI is InChI=1S/C19H21N7O2S2/c1-13-11-29-17(21-13)23-16(27)10-14-12-30-18(22-14)24-19(28)26-8-6-25(7-9-26)15-4-2-3-5-20-15/h2-5,11-12H,6-10H2,1H3,(H,21,23,27)(H,22,24,28). The van der Waals surface area contributed by atoms with Crippen molar-refractivity contribution in [2.75, 3.05) is 41.7 Å². The molecule has 0 spiro atoms. The number of nitrogens with one attached hydrogen (secondary N) is 2. The summed E-state index contributed by atoms with van der Waals surface area (Å²) < 4.78 is 0. The number of piperazine rings is 1. The lowest BCUT2D eigenvalue weighted by Gasteiger charge is -2.35. The Bertz CT molecular complexity index is 1010. The van der Waals surface area contributed by atoms with Crippen LogP contribution in [0.15, 0.2) is 35.2 Å². The predicted molar refractivity (Wildman–Crippen MR) is 118 cm³/mol. The van der Waals surface area contributed by atoms with E-state index in [0.29, 0.717) is 29.0 Å². The highest BCUT2D eigenvalue weighted by molar-refractivity contribution is 7.14. The van der Waals surface area contributed by atoms with E-state index in [0.717, 1.165) is 24.6 Å². The van der Waals surface area contributed by atoms with Crippen LogP contribution in [0.1, 0.15) is 11.4 Å². The minimum absolute atomic E-state index is 0.133. The zero-order valence-corrected chi connectivity index (χ0v) is 18.0. The van der Waals surface area contributed by atoms with Crippen LogP contribution in [0, 0.1) is 6.92 Å². The molecule has 0 atom stereocenters. The summed E-state index contributed by atoms with van der Waals surface area (Å²) >= 11 is 2.69. The summed E-state index contributed by atoms with van der Waals surface area (Å²) in [6.07, 6.45) is 1.90. The van der Waals surface area contributed by atoms with Crippen molar-refractivity contribution in [2.45, 2.75) is 13.3 Å². The maximum absolute atomic E-state index is 12.5. The minimum atomic E-state index is -0.182. The highest BCUT2D eigenvalue weighted by Crippen LogP contribution is 2.19. The quantitative estimate of drug-likeness (QED) is 0.629. The highest BCUT2D eigenvalue weighted by atomic mass is 32.1. The molecule has 4 heterocycles. The number of carbonyl (C=O) groups is 2. The van der Waals surface area contributed by atoms with Crippen LogP contribution >= 0.6 is 22.7 Å². The molecule has 0 aromatic carbocycles. The molecular formula is C19H21N7O2S2. The molecule has 0 bridgehead atoms. The lowest BCUT2D eigenvalue weighted by atomic mass is 10.3. The normalized spacial score (nSPS) is 13.9. The summed E-state index contributed by atoms with van der Waals surface area (Å²) in [5.41, 5.74) is 1.48. The second-order valence-corrected chi connectivity index (χ2v) is 8.47. The second kappa shape index (κ2) is 9.18. The van der Waals surface area contributed by atoms with Gasteiger partial charge in [-0.25, -0.2) is 19.7 Å². The fourth-order valence-corrected chi connectivity index (χ4v) is 4.44. The minimum Gasteiger partial charge on any atom is -0.353 e. The zero-order chi connectivity index (χ0) is 20.9. The van der Waals surface area contributed by atoms with Gasteiger partial charge in [-0.05, 0) is 19.1 Å². The van der Waals surface area contributed by atoms with Gasteiger partial charge in [0, 0.05) is 43.1 Å². The van der Waals surface area contributed by atoms with Crippen LogP contribution in [0.2, 0.25) is 0 Å². The van der Waals surface area contributed by atoms with Crippen molar-refractivity contribution >= 4 is 50.7 Å². The average molecular weight is 444 g/mol. The smallest absolute Gasteiger partial charge is 0.323 e. The molecule has 30 heavy (non-hydrogen) atoms. The van der Waals surface area contributed by atoms with Crippen LogP contribution in [-0.2, 0) is 11.2 Å². The van der Waals surface area contributed by atoms with Gasteiger partial charge in [0.1, 0.15) is 5.82 Å². The van der Waals surface area contributed by atoms with E-state index in [9.17, 15) is 9.59 Å². The number of urea groups is 1. The zero-order valence-electron chi connectivity index (χ0n) is 16.4.